The number of anilines is 1. The maximum atomic E-state index is 11.6. The lowest BCUT2D eigenvalue weighted by Crippen LogP contribution is -2.35. The number of hydrogen-bond donors (Lipinski definition) is 2. The summed E-state index contributed by atoms with van der Waals surface area (Å²) in [6, 6.07) is 12.5. The Morgan fingerprint density at radius 1 is 1.26 bits per heavy atom. The first-order valence-corrected chi connectivity index (χ1v) is 7.39. The largest absolute Gasteiger partial charge is 0.429 e. The Kier molecular flexibility index (Phi) is 6.74. The van der Waals surface area contributed by atoms with Crippen LogP contribution in [-0.2, 0) is 9.59 Å². The Balaban J connectivity index is 0.000000185. The highest BCUT2D eigenvalue weighted by Crippen LogP contribution is 2.09. The van der Waals surface area contributed by atoms with Gasteiger partial charge in [0.05, 0.1) is 17.9 Å². The molecule has 0 aliphatic carbocycles. The van der Waals surface area contributed by atoms with Crippen molar-refractivity contribution in [2.24, 2.45) is 0 Å². The van der Waals surface area contributed by atoms with Crippen molar-refractivity contribution in [3.63, 3.8) is 0 Å². The molecule has 0 radical (unpaired) electrons. The van der Waals surface area contributed by atoms with Crippen LogP contribution in [0.1, 0.15) is 12.8 Å². The highest BCUT2D eigenvalue weighted by Gasteiger charge is 2.21. The first-order valence-electron chi connectivity index (χ1n) is 7.39. The van der Waals surface area contributed by atoms with Gasteiger partial charge in [0.15, 0.2) is 0 Å². The van der Waals surface area contributed by atoms with E-state index in [1.54, 1.807) is 42.7 Å². The monoisotopic (exact) mass is 313 g/mol. The van der Waals surface area contributed by atoms with Crippen molar-refractivity contribution >= 4 is 18.1 Å². The smallest absolute Gasteiger partial charge is 0.298 e. The number of ether oxygens (including phenoxy) is 1. The van der Waals surface area contributed by atoms with Crippen molar-refractivity contribution in [3.05, 3.63) is 54.9 Å². The minimum absolute atomic E-state index is 0.0322. The number of carbonyl (C=O) groups is 2. The number of pyridine rings is 1. The van der Waals surface area contributed by atoms with E-state index in [0.29, 0.717) is 12.2 Å². The molecule has 3 rings (SSSR count). The highest BCUT2D eigenvalue weighted by molar-refractivity contribution is 5.94. The van der Waals surface area contributed by atoms with Gasteiger partial charge in [0.25, 0.3) is 6.47 Å². The summed E-state index contributed by atoms with van der Waals surface area (Å²) >= 11 is 0. The van der Waals surface area contributed by atoms with E-state index >= 15 is 0 Å². The molecule has 1 atom stereocenters. The molecule has 6 heteroatoms. The molecule has 1 aromatic heterocycles. The third-order valence-corrected chi connectivity index (χ3v) is 3.23. The molecule has 2 N–H and O–H groups in total. The number of rotatable bonds is 4. The van der Waals surface area contributed by atoms with Crippen LogP contribution in [0.3, 0.4) is 0 Å². The van der Waals surface area contributed by atoms with E-state index in [0.717, 1.165) is 25.1 Å². The minimum atomic E-state index is -0.0322. The minimum Gasteiger partial charge on any atom is -0.429 e. The lowest BCUT2D eigenvalue weighted by molar-refractivity contribution is -0.120. The van der Waals surface area contributed by atoms with Crippen LogP contribution in [0, 0.1) is 0 Å². The molecule has 1 saturated heterocycles. The Bertz CT molecular complexity index is 599. The Hall–Kier alpha value is -2.73. The summed E-state index contributed by atoms with van der Waals surface area (Å²) in [5.41, 5.74) is 0.756. The third kappa shape index (κ3) is 5.88. The molecule has 1 unspecified atom stereocenters. The van der Waals surface area contributed by atoms with Crippen molar-refractivity contribution in [2.75, 3.05) is 11.9 Å². The van der Waals surface area contributed by atoms with E-state index in [9.17, 15) is 9.59 Å². The molecule has 1 fully saturated rings. The Morgan fingerprint density at radius 2 is 2.09 bits per heavy atom. The molecule has 23 heavy (non-hydrogen) atoms. The van der Waals surface area contributed by atoms with Gasteiger partial charge in [-0.2, -0.15) is 0 Å². The number of nitrogens with zero attached hydrogens (tertiary/aromatic N) is 1. The number of amides is 1. The SMILES string of the molecule is O=C(Nc1cccnc1)C1CCCN1.O=COc1ccccc1. The highest BCUT2D eigenvalue weighted by atomic mass is 16.5. The van der Waals surface area contributed by atoms with Crippen molar-refractivity contribution in [1.29, 1.82) is 0 Å². The van der Waals surface area contributed by atoms with Gasteiger partial charge in [-0.05, 0) is 43.7 Å². The van der Waals surface area contributed by atoms with Gasteiger partial charge in [-0.1, -0.05) is 18.2 Å². The number of aromatic nitrogens is 1. The first kappa shape index (κ1) is 16.6. The second-order valence-corrected chi connectivity index (χ2v) is 4.91. The predicted molar refractivity (Wildman–Crippen MR) is 87.0 cm³/mol. The summed E-state index contributed by atoms with van der Waals surface area (Å²) < 4.78 is 4.53. The van der Waals surface area contributed by atoms with Crippen LogP contribution < -0.4 is 15.4 Å². The lowest BCUT2D eigenvalue weighted by Gasteiger charge is -2.10. The molecular weight excluding hydrogens is 294 g/mol. The predicted octanol–water partition coefficient (Wildman–Crippen LogP) is 1.99. The maximum absolute atomic E-state index is 11.6. The van der Waals surface area contributed by atoms with E-state index in [4.69, 9.17) is 0 Å². The summed E-state index contributed by atoms with van der Waals surface area (Å²) in [5, 5.41) is 5.96. The van der Waals surface area contributed by atoms with Gasteiger partial charge in [-0.25, -0.2) is 0 Å². The standard InChI is InChI=1S/C10H13N3O.C7H6O2/c14-10(9-4-2-6-12-9)13-8-3-1-5-11-7-8;8-6-9-7-4-2-1-3-5-7/h1,3,5,7,9,12H,2,4,6H2,(H,13,14);1-6H. The quantitative estimate of drug-likeness (QED) is 0.844. The molecule has 6 nitrogen and oxygen atoms in total. The van der Waals surface area contributed by atoms with Gasteiger partial charge >= 0.3 is 0 Å². The van der Waals surface area contributed by atoms with Crippen LogP contribution in [-0.4, -0.2) is 29.9 Å². The summed E-state index contributed by atoms with van der Waals surface area (Å²) in [4.78, 5) is 25.3. The van der Waals surface area contributed by atoms with E-state index in [1.807, 2.05) is 12.1 Å². The van der Waals surface area contributed by atoms with Gasteiger partial charge in [0.1, 0.15) is 5.75 Å². The molecule has 2 aromatic rings. The fraction of sp³-hybridized carbons (Fsp3) is 0.235. The number of carbonyl (C=O) groups excluding carboxylic acids is 2. The average Bonchev–Trinajstić information content (AvgIpc) is 3.12. The van der Waals surface area contributed by atoms with Crippen molar-refractivity contribution in [1.82, 2.24) is 10.3 Å². The molecule has 1 amide bonds. The molecular formula is C17H19N3O3. The number of para-hydroxylation sites is 1. The Labute approximate surface area is 134 Å². The molecule has 0 saturated carbocycles. The van der Waals surface area contributed by atoms with Crippen LogP contribution in [0.2, 0.25) is 0 Å². The van der Waals surface area contributed by atoms with E-state index < -0.39 is 0 Å². The lowest BCUT2D eigenvalue weighted by atomic mass is 10.2. The zero-order valence-corrected chi connectivity index (χ0v) is 12.6. The second kappa shape index (κ2) is 9.32. The number of hydrogen-bond acceptors (Lipinski definition) is 5. The summed E-state index contributed by atoms with van der Waals surface area (Å²) in [6.07, 6.45) is 5.33. The Morgan fingerprint density at radius 3 is 2.70 bits per heavy atom. The van der Waals surface area contributed by atoms with Gasteiger partial charge < -0.3 is 15.4 Å². The molecule has 0 spiro atoms. The van der Waals surface area contributed by atoms with Crippen molar-refractivity contribution in [2.45, 2.75) is 18.9 Å². The zero-order valence-electron chi connectivity index (χ0n) is 12.6. The van der Waals surface area contributed by atoms with E-state index in [1.165, 1.54) is 0 Å². The number of benzene rings is 1. The van der Waals surface area contributed by atoms with Crippen LogP contribution in [0.15, 0.2) is 54.9 Å². The fourth-order valence-electron chi connectivity index (χ4n) is 2.13. The zero-order chi connectivity index (χ0) is 16.3. The summed E-state index contributed by atoms with van der Waals surface area (Å²) in [6.45, 7) is 1.35. The molecule has 1 aliphatic heterocycles. The third-order valence-electron chi connectivity index (χ3n) is 3.23. The molecule has 1 aromatic carbocycles. The maximum Gasteiger partial charge on any atom is 0.298 e. The van der Waals surface area contributed by atoms with Crippen LogP contribution >= 0.6 is 0 Å². The molecule has 1 aliphatic rings. The van der Waals surface area contributed by atoms with Gasteiger partial charge in [0.2, 0.25) is 5.91 Å². The topological polar surface area (TPSA) is 80.3 Å². The summed E-state index contributed by atoms with van der Waals surface area (Å²) in [7, 11) is 0. The fourth-order valence-corrected chi connectivity index (χ4v) is 2.13. The van der Waals surface area contributed by atoms with Gasteiger partial charge in [-0.15, -0.1) is 0 Å². The van der Waals surface area contributed by atoms with Gasteiger partial charge in [0, 0.05) is 6.20 Å². The molecule has 2 heterocycles. The molecule has 0 bridgehead atoms. The second-order valence-electron chi connectivity index (χ2n) is 4.91. The first-order chi connectivity index (χ1) is 11.3. The summed E-state index contributed by atoms with van der Waals surface area (Å²) in [5.74, 6) is 0.614. The average molecular weight is 313 g/mol. The van der Waals surface area contributed by atoms with Crippen LogP contribution in [0.4, 0.5) is 5.69 Å². The van der Waals surface area contributed by atoms with E-state index in [2.05, 4.69) is 20.4 Å². The van der Waals surface area contributed by atoms with Crippen LogP contribution in [0.25, 0.3) is 0 Å². The van der Waals surface area contributed by atoms with Crippen LogP contribution in [0.5, 0.6) is 5.75 Å². The van der Waals surface area contributed by atoms with E-state index in [-0.39, 0.29) is 11.9 Å². The number of nitrogens with one attached hydrogen (secondary N) is 2. The molecule has 120 valence electrons. The van der Waals surface area contributed by atoms with Crippen molar-refractivity contribution < 1.29 is 14.3 Å². The van der Waals surface area contributed by atoms with Gasteiger partial charge in [-0.3, -0.25) is 14.6 Å². The van der Waals surface area contributed by atoms with Crippen molar-refractivity contribution in [3.8, 4) is 5.75 Å². The normalized spacial score (nSPS) is 15.9.